The van der Waals surface area contributed by atoms with Gasteiger partial charge in [-0.3, -0.25) is 9.59 Å². The van der Waals surface area contributed by atoms with Gasteiger partial charge in [0.15, 0.2) is 0 Å². The molecule has 0 aromatic rings. The highest BCUT2D eigenvalue weighted by Gasteiger charge is 2.28. The van der Waals surface area contributed by atoms with Gasteiger partial charge in [0.05, 0.1) is 19.1 Å². The number of carbonyl (C=O) groups is 3. The summed E-state index contributed by atoms with van der Waals surface area (Å²) in [6.45, 7) is 2.76. The maximum absolute atomic E-state index is 11.8. The number of hydrogen-bond acceptors (Lipinski definition) is 5. The molecule has 0 aromatic carbocycles. The highest BCUT2D eigenvalue weighted by molar-refractivity contribution is 5.85. The Kier molecular flexibility index (Phi) is 6.27. The van der Waals surface area contributed by atoms with Gasteiger partial charge in [0.2, 0.25) is 5.91 Å². The molecule has 1 aliphatic heterocycles. The average Bonchev–Trinajstić information content (AvgIpc) is 2.88. The summed E-state index contributed by atoms with van der Waals surface area (Å²) in [5.41, 5.74) is 0. The van der Waals surface area contributed by atoms with E-state index in [0.717, 1.165) is 0 Å². The minimum atomic E-state index is -1.16. The van der Waals surface area contributed by atoms with Gasteiger partial charge in [0, 0.05) is 13.0 Å². The van der Waals surface area contributed by atoms with Crippen molar-refractivity contribution in [2.45, 2.75) is 32.2 Å². The number of esters is 1. The summed E-state index contributed by atoms with van der Waals surface area (Å²) in [5, 5.41) is 11.4. The monoisotopic (exact) mass is 273 g/mol. The highest BCUT2D eigenvalue weighted by Crippen LogP contribution is 2.13. The van der Waals surface area contributed by atoms with Crippen LogP contribution in [0.1, 0.15) is 26.2 Å². The standard InChI is InChI=1S/C12H19NO6/c1-2-19-10(14)4-3-9(12(16)17)13-11(15)8-5-6-18-7-8/h8-9H,2-7H2,1H3,(H,13,15)(H,16,17)/t8?,9-/m0/s1. The highest BCUT2D eigenvalue weighted by atomic mass is 16.5. The van der Waals surface area contributed by atoms with Crippen molar-refractivity contribution in [2.24, 2.45) is 5.92 Å². The van der Waals surface area contributed by atoms with Gasteiger partial charge in [-0.25, -0.2) is 4.79 Å². The predicted molar refractivity (Wildman–Crippen MR) is 64.4 cm³/mol. The Hall–Kier alpha value is -1.63. The lowest BCUT2D eigenvalue weighted by Crippen LogP contribution is -2.44. The first kappa shape index (κ1) is 15.4. The molecule has 0 spiro atoms. The number of carboxylic acid groups (broad SMARTS) is 1. The molecular formula is C12H19NO6. The number of ether oxygens (including phenoxy) is 2. The largest absolute Gasteiger partial charge is 0.480 e. The molecule has 0 bridgehead atoms. The van der Waals surface area contributed by atoms with Gasteiger partial charge in [-0.2, -0.15) is 0 Å². The fraction of sp³-hybridized carbons (Fsp3) is 0.750. The molecule has 2 atom stereocenters. The fourth-order valence-electron chi connectivity index (χ4n) is 1.78. The van der Waals surface area contributed by atoms with E-state index in [4.69, 9.17) is 14.6 Å². The van der Waals surface area contributed by atoms with Gasteiger partial charge in [-0.15, -0.1) is 0 Å². The minimum absolute atomic E-state index is 0.0213. The van der Waals surface area contributed by atoms with E-state index in [2.05, 4.69) is 5.32 Å². The minimum Gasteiger partial charge on any atom is -0.480 e. The molecule has 1 saturated heterocycles. The SMILES string of the molecule is CCOC(=O)CC[C@H](NC(=O)C1CCOC1)C(=O)O. The molecule has 108 valence electrons. The van der Waals surface area contributed by atoms with E-state index >= 15 is 0 Å². The van der Waals surface area contributed by atoms with Crippen LogP contribution in [0, 0.1) is 5.92 Å². The van der Waals surface area contributed by atoms with Gasteiger partial charge in [-0.1, -0.05) is 0 Å². The molecule has 1 fully saturated rings. The Morgan fingerprint density at radius 3 is 2.74 bits per heavy atom. The molecule has 0 radical (unpaired) electrons. The van der Waals surface area contributed by atoms with Gasteiger partial charge < -0.3 is 19.9 Å². The van der Waals surface area contributed by atoms with E-state index in [1.807, 2.05) is 0 Å². The van der Waals surface area contributed by atoms with Crippen LogP contribution in [0.3, 0.4) is 0 Å². The van der Waals surface area contributed by atoms with E-state index in [1.165, 1.54) is 0 Å². The van der Waals surface area contributed by atoms with Crippen molar-refractivity contribution in [2.75, 3.05) is 19.8 Å². The van der Waals surface area contributed by atoms with Gasteiger partial charge in [0.1, 0.15) is 6.04 Å². The van der Waals surface area contributed by atoms with Crippen LogP contribution in [0.25, 0.3) is 0 Å². The van der Waals surface area contributed by atoms with Crippen molar-refractivity contribution in [1.82, 2.24) is 5.32 Å². The van der Waals surface area contributed by atoms with Crippen LogP contribution in [0.15, 0.2) is 0 Å². The summed E-state index contributed by atoms with van der Waals surface area (Å²) in [4.78, 5) is 33.9. The zero-order valence-corrected chi connectivity index (χ0v) is 10.9. The first-order chi connectivity index (χ1) is 9.04. The lowest BCUT2D eigenvalue weighted by atomic mass is 10.1. The number of amides is 1. The molecule has 0 aliphatic carbocycles. The second-order valence-electron chi connectivity index (χ2n) is 4.30. The number of nitrogens with one attached hydrogen (secondary N) is 1. The van der Waals surface area contributed by atoms with Crippen LogP contribution in [0.5, 0.6) is 0 Å². The Morgan fingerprint density at radius 2 is 2.21 bits per heavy atom. The van der Waals surface area contributed by atoms with Crippen LogP contribution in [-0.2, 0) is 23.9 Å². The van der Waals surface area contributed by atoms with Crippen LogP contribution >= 0.6 is 0 Å². The van der Waals surface area contributed by atoms with E-state index in [-0.39, 0.29) is 31.3 Å². The van der Waals surface area contributed by atoms with E-state index < -0.39 is 18.0 Å². The van der Waals surface area contributed by atoms with Crippen LogP contribution < -0.4 is 5.32 Å². The Labute approximate surface area is 111 Å². The maximum Gasteiger partial charge on any atom is 0.326 e. The van der Waals surface area contributed by atoms with Gasteiger partial charge >= 0.3 is 11.9 Å². The summed E-state index contributed by atoms with van der Waals surface area (Å²) in [7, 11) is 0. The first-order valence-electron chi connectivity index (χ1n) is 6.31. The lowest BCUT2D eigenvalue weighted by Gasteiger charge is -2.16. The third kappa shape index (κ3) is 5.25. The zero-order valence-electron chi connectivity index (χ0n) is 10.9. The summed E-state index contributed by atoms with van der Waals surface area (Å²) in [6.07, 6.45) is 0.579. The van der Waals surface area contributed by atoms with Gasteiger partial charge in [-0.05, 0) is 19.8 Å². The first-order valence-corrected chi connectivity index (χ1v) is 6.31. The quantitative estimate of drug-likeness (QED) is 0.630. The molecule has 1 unspecified atom stereocenters. The smallest absolute Gasteiger partial charge is 0.326 e. The number of carbonyl (C=O) groups excluding carboxylic acids is 2. The molecule has 1 rings (SSSR count). The van der Waals surface area contributed by atoms with Crippen LogP contribution in [-0.4, -0.2) is 48.8 Å². The summed E-state index contributed by atoms with van der Waals surface area (Å²) < 4.78 is 9.78. The molecule has 7 nitrogen and oxygen atoms in total. The fourth-order valence-corrected chi connectivity index (χ4v) is 1.78. The summed E-state index contributed by atoms with van der Waals surface area (Å²) in [6, 6.07) is -1.07. The summed E-state index contributed by atoms with van der Waals surface area (Å²) in [5.74, 6) is -2.26. The topological polar surface area (TPSA) is 102 Å². The van der Waals surface area contributed by atoms with Crippen LogP contribution in [0.2, 0.25) is 0 Å². The molecule has 1 aliphatic rings. The molecule has 0 saturated carbocycles. The summed E-state index contributed by atoms with van der Waals surface area (Å²) >= 11 is 0. The zero-order chi connectivity index (χ0) is 14.3. The van der Waals surface area contributed by atoms with Crippen molar-refractivity contribution in [3.05, 3.63) is 0 Å². The lowest BCUT2D eigenvalue weighted by molar-refractivity contribution is -0.145. The molecule has 7 heteroatoms. The molecule has 19 heavy (non-hydrogen) atoms. The average molecular weight is 273 g/mol. The molecule has 0 aromatic heterocycles. The second-order valence-corrected chi connectivity index (χ2v) is 4.30. The van der Waals surface area contributed by atoms with E-state index in [1.54, 1.807) is 6.92 Å². The van der Waals surface area contributed by atoms with Crippen molar-refractivity contribution in [3.63, 3.8) is 0 Å². The third-order valence-corrected chi connectivity index (χ3v) is 2.86. The number of carboxylic acids is 1. The van der Waals surface area contributed by atoms with Crippen LogP contribution in [0.4, 0.5) is 0 Å². The van der Waals surface area contributed by atoms with Crippen molar-refractivity contribution < 1.29 is 29.0 Å². The van der Waals surface area contributed by atoms with E-state index in [9.17, 15) is 14.4 Å². The molecule has 1 heterocycles. The number of aliphatic carboxylic acids is 1. The molecule has 1 amide bonds. The Bertz CT molecular complexity index is 337. The maximum atomic E-state index is 11.8. The van der Waals surface area contributed by atoms with Gasteiger partial charge in [0.25, 0.3) is 0 Å². The second kappa shape index (κ2) is 7.73. The predicted octanol–water partition coefficient (Wildman–Crippen LogP) is -0.0644. The van der Waals surface area contributed by atoms with E-state index in [0.29, 0.717) is 19.6 Å². The number of hydrogen-bond donors (Lipinski definition) is 2. The van der Waals surface area contributed by atoms with Crippen molar-refractivity contribution in [1.29, 1.82) is 0 Å². The van der Waals surface area contributed by atoms with Crippen molar-refractivity contribution in [3.8, 4) is 0 Å². The third-order valence-electron chi connectivity index (χ3n) is 2.86. The molecular weight excluding hydrogens is 254 g/mol. The number of rotatable bonds is 7. The Balaban J connectivity index is 2.41. The molecule has 2 N–H and O–H groups in total. The normalized spacial score (nSPS) is 19.7. The Morgan fingerprint density at radius 1 is 1.47 bits per heavy atom. The van der Waals surface area contributed by atoms with Crippen molar-refractivity contribution >= 4 is 17.8 Å².